The number of hydrogen-bond donors (Lipinski definition) is 2. The molecule has 0 saturated heterocycles. The van der Waals surface area contributed by atoms with Gasteiger partial charge >= 0.3 is 12.1 Å². The van der Waals surface area contributed by atoms with Crippen LogP contribution in [0.25, 0.3) is 0 Å². The van der Waals surface area contributed by atoms with E-state index < -0.39 is 29.5 Å². The molecular formula is C11H12F3NO3. The molecule has 0 fully saturated rings. The van der Waals surface area contributed by atoms with E-state index in [0.717, 1.165) is 19.2 Å². The molecule has 0 radical (unpaired) electrons. The van der Waals surface area contributed by atoms with E-state index in [1.165, 1.54) is 0 Å². The minimum absolute atomic E-state index is 0.101. The summed E-state index contributed by atoms with van der Waals surface area (Å²) in [6.07, 6.45) is -4.63. The fourth-order valence-electron chi connectivity index (χ4n) is 1.38. The van der Waals surface area contributed by atoms with Crippen LogP contribution in [-0.2, 0) is 22.1 Å². The van der Waals surface area contributed by atoms with Crippen LogP contribution in [0, 0.1) is 0 Å². The smallest absolute Gasteiger partial charge is 0.416 e. The Balaban J connectivity index is 2.90. The number of hydrogen-bond acceptors (Lipinski definition) is 4. The molecule has 0 aliphatic carbocycles. The van der Waals surface area contributed by atoms with Gasteiger partial charge in [-0.2, -0.15) is 13.2 Å². The summed E-state index contributed by atoms with van der Waals surface area (Å²) in [5, 5.41) is 9.45. The third-order valence-electron chi connectivity index (χ3n) is 2.36. The summed E-state index contributed by atoms with van der Waals surface area (Å²) in [4.78, 5) is 11.0. The first kappa shape index (κ1) is 14.3. The Morgan fingerprint density at radius 1 is 1.50 bits per heavy atom. The number of phenolic OH excluding ortho intramolecular Hbond substituents is 1. The van der Waals surface area contributed by atoms with Crippen molar-refractivity contribution in [1.82, 2.24) is 0 Å². The fourth-order valence-corrected chi connectivity index (χ4v) is 1.38. The number of esters is 1. The predicted octanol–water partition coefficient (Wildman–Crippen LogP) is 1.45. The van der Waals surface area contributed by atoms with Gasteiger partial charge in [0.25, 0.3) is 0 Å². The fraction of sp³-hybridized carbons (Fsp3) is 0.364. The van der Waals surface area contributed by atoms with Crippen LogP contribution in [0.4, 0.5) is 13.2 Å². The molecule has 1 aromatic carbocycles. The Morgan fingerprint density at radius 3 is 2.56 bits per heavy atom. The van der Waals surface area contributed by atoms with Crippen molar-refractivity contribution in [3.8, 4) is 5.75 Å². The Morgan fingerprint density at radius 2 is 2.11 bits per heavy atom. The third kappa shape index (κ3) is 3.36. The number of aromatic hydroxyl groups is 1. The van der Waals surface area contributed by atoms with Crippen molar-refractivity contribution in [2.45, 2.75) is 18.6 Å². The number of carbonyl (C=O) groups excluding carboxylic acids is 1. The number of rotatable bonds is 3. The Kier molecular flexibility index (Phi) is 4.18. The van der Waals surface area contributed by atoms with Crippen LogP contribution in [0.2, 0.25) is 0 Å². The third-order valence-corrected chi connectivity index (χ3v) is 2.36. The van der Waals surface area contributed by atoms with Crippen LogP contribution in [0.3, 0.4) is 0 Å². The molecule has 4 nitrogen and oxygen atoms in total. The van der Waals surface area contributed by atoms with Crippen molar-refractivity contribution in [3.63, 3.8) is 0 Å². The molecule has 100 valence electrons. The van der Waals surface area contributed by atoms with Crippen LogP contribution < -0.4 is 5.73 Å². The molecular weight excluding hydrogens is 251 g/mol. The number of halogens is 3. The zero-order valence-electron chi connectivity index (χ0n) is 9.49. The lowest BCUT2D eigenvalue weighted by Gasteiger charge is -2.12. The predicted molar refractivity (Wildman–Crippen MR) is 56.8 cm³/mol. The lowest BCUT2D eigenvalue weighted by atomic mass is 10.0. The number of methoxy groups -OCH3 is 1. The number of carbonyl (C=O) groups is 1. The Hall–Kier alpha value is -1.76. The SMILES string of the molecule is COC(=O)C(N)Cc1ccc(C(F)(F)F)cc1O. The minimum atomic E-state index is -4.53. The van der Waals surface area contributed by atoms with Gasteiger partial charge in [0.2, 0.25) is 0 Å². The van der Waals surface area contributed by atoms with Crippen LogP contribution >= 0.6 is 0 Å². The number of nitrogens with two attached hydrogens (primary N) is 1. The average Bonchev–Trinajstić information content (AvgIpc) is 2.29. The molecule has 0 bridgehead atoms. The molecule has 18 heavy (non-hydrogen) atoms. The van der Waals surface area contributed by atoms with E-state index in [9.17, 15) is 23.1 Å². The normalized spacial score (nSPS) is 13.2. The van der Waals surface area contributed by atoms with Gasteiger partial charge < -0.3 is 15.6 Å². The molecule has 1 atom stereocenters. The molecule has 1 rings (SSSR count). The quantitative estimate of drug-likeness (QED) is 0.810. The molecule has 0 aliphatic heterocycles. The van der Waals surface area contributed by atoms with E-state index in [1.54, 1.807) is 0 Å². The lowest BCUT2D eigenvalue weighted by Crippen LogP contribution is -2.33. The first-order valence-corrected chi connectivity index (χ1v) is 4.98. The van der Waals surface area contributed by atoms with Gasteiger partial charge in [-0.25, -0.2) is 0 Å². The van der Waals surface area contributed by atoms with E-state index in [1.807, 2.05) is 0 Å². The van der Waals surface area contributed by atoms with Crippen molar-refractivity contribution in [2.24, 2.45) is 5.73 Å². The van der Waals surface area contributed by atoms with Crippen molar-refractivity contribution in [2.75, 3.05) is 7.11 Å². The van der Waals surface area contributed by atoms with Crippen LogP contribution in [-0.4, -0.2) is 24.2 Å². The molecule has 0 aromatic heterocycles. The first-order chi connectivity index (χ1) is 8.25. The van der Waals surface area contributed by atoms with Gasteiger partial charge in [0.05, 0.1) is 12.7 Å². The topological polar surface area (TPSA) is 72.5 Å². The Bertz CT molecular complexity index is 446. The zero-order valence-corrected chi connectivity index (χ0v) is 9.49. The van der Waals surface area contributed by atoms with Gasteiger partial charge in [-0.1, -0.05) is 6.07 Å². The minimum Gasteiger partial charge on any atom is -0.508 e. The molecule has 1 unspecified atom stereocenters. The second kappa shape index (κ2) is 5.26. The van der Waals surface area contributed by atoms with Gasteiger partial charge in [0.15, 0.2) is 0 Å². The highest BCUT2D eigenvalue weighted by Crippen LogP contribution is 2.32. The monoisotopic (exact) mass is 263 g/mol. The van der Waals surface area contributed by atoms with E-state index in [4.69, 9.17) is 5.73 Å². The second-order valence-corrected chi connectivity index (χ2v) is 3.68. The molecule has 7 heteroatoms. The van der Waals surface area contributed by atoms with Gasteiger partial charge in [-0.05, 0) is 17.7 Å². The summed E-state index contributed by atoms with van der Waals surface area (Å²) >= 11 is 0. The van der Waals surface area contributed by atoms with Crippen LogP contribution in [0.1, 0.15) is 11.1 Å². The van der Waals surface area contributed by atoms with Gasteiger partial charge in [-0.3, -0.25) is 4.79 Å². The summed E-state index contributed by atoms with van der Waals surface area (Å²) in [5.41, 5.74) is 4.64. The molecule has 0 aliphatic rings. The largest absolute Gasteiger partial charge is 0.508 e. The summed E-state index contributed by atoms with van der Waals surface area (Å²) in [7, 11) is 1.15. The van der Waals surface area contributed by atoms with Crippen LogP contribution in [0.15, 0.2) is 18.2 Å². The molecule has 0 saturated carbocycles. The standard InChI is InChI=1S/C11H12F3NO3/c1-18-10(17)8(15)4-6-2-3-7(5-9(6)16)11(12,13)14/h2-3,5,8,16H,4,15H2,1H3. The highest BCUT2D eigenvalue weighted by molar-refractivity contribution is 5.75. The van der Waals surface area contributed by atoms with Crippen molar-refractivity contribution < 1.29 is 27.8 Å². The number of phenols is 1. The van der Waals surface area contributed by atoms with Crippen molar-refractivity contribution in [3.05, 3.63) is 29.3 Å². The average molecular weight is 263 g/mol. The molecule has 0 heterocycles. The van der Waals surface area contributed by atoms with Crippen molar-refractivity contribution in [1.29, 1.82) is 0 Å². The molecule has 0 spiro atoms. The number of ether oxygens (including phenoxy) is 1. The highest BCUT2D eigenvalue weighted by Gasteiger charge is 2.31. The number of benzene rings is 1. The van der Waals surface area contributed by atoms with Gasteiger partial charge in [0, 0.05) is 6.42 Å². The van der Waals surface area contributed by atoms with E-state index >= 15 is 0 Å². The lowest BCUT2D eigenvalue weighted by molar-refractivity contribution is -0.142. The van der Waals surface area contributed by atoms with Gasteiger partial charge in [0.1, 0.15) is 11.8 Å². The van der Waals surface area contributed by atoms with E-state index in [2.05, 4.69) is 4.74 Å². The Labute approximate surface area is 101 Å². The number of alkyl halides is 3. The van der Waals surface area contributed by atoms with Gasteiger partial charge in [-0.15, -0.1) is 0 Å². The first-order valence-electron chi connectivity index (χ1n) is 4.98. The maximum absolute atomic E-state index is 12.3. The summed E-state index contributed by atoms with van der Waals surface area (Å²) < 4.78 is 41.4. The summed E-state index contributed by atoms with van der Waals surface area (Å²) in [6, 6.07) is 1.47. The van der Waals surface area contributed by atoms with E-state index in [-0.39, 0.29) is 12.0 Å². The molecule has 0 amide bonds. The molecule has 3 N–H and O–H groups in total. The maximum atomic E-state index is 12.3. The zero-order chi connectivity index (χ0) is 13.9. The van der Waals surface area contributed by atoms with E-state index in [0.29, 0.717) is 6.07 Å². The van der Waals surface area contributed by atoms with Crippen molar-refractivity contribution >= 4 is 5.97 Å². The summed E-state index contributed by atoms with van der Waals surface area (Å²) in [5.74, 6) is -1.25. The van der Waals surface area contributed by atoms with Crippen LogP contribution in [0.5, 0.6) is 5.75 Å². The maximum Gasteiger partial charge on any atom is 0.416 e. The second-order valence-electron chi connectivity index (χ2n) is 3.68. The highest BCUT2D eigenvalue weighted by atomic mass is 19.4. The summed E-state index contributed by atoms with van der Waals surface area (Å²) in [6.45, 7) is 0. The molecule has 1 aromatic rings.